The Morgan fingerprint density at radius 2 is 1.89 bits per heavy atom. The molecule has 0 radical (unpaired) electrons. The third-order valence-corrected chi connectivity index (χ3v) is 3.97. The lowest BCUT2D eigenvalue weighted by molar-refractivity contribution is 0.0340. The van der Waals surface area contributed by atoms with Crippen LogP contribution in [-0.2, 0) is 6.42 Å². The molecule has 0 aliphatic carbocycles. The van der Waals surface area contributed by atoms with Gasteiger partial charge in [0.15, 0.2) is 0 Å². The molecule has 2 rings (SSSR count). The minimum Gasteiger partial charge on any atom is -0.394 e. The monoisotopic (exact) mass is 268 g/mol. The zero-order valence-corrected chi connectivity index (χ0v) is 11.6. The van der Waals surface area contributed by atoms with Gasteiger partial charge in [-0.15, -0.1) is 0 Å². The highest BCUT2D eigenvalue weighted by molar-refractivity contribution is 6.30. The van der Waals surface area contributed by atoms with Gasteiger partial charge in [0.25, 0.3) is 0 Å². The summed E-state index contributed by atoms with van der Waals surface area (Å²) >= 11 is 5.90. The lowest BCUT2D eigenvalue weighted by atomic mass is 9.91. The van der Waals surface area contributed by atoms with Crippen LogP contribution in [0.5, 0.6) is 0 Å². The molecule has 1 aromatic rings. The van der Waals surface area contributed by atoms with Gasteiger partial charge >= 0.3 is 0 Å². The Labute approximate surface area is 114 Å². The average Bonchev–Trinajstić information content (AvgIpc) is 2.42. The van der Waals surface area contributed by atoms with Crippen LogP contribution in [-0.4, -0.2) is 48.3 Å². The summed E-state index contributed by atoms with van der Waals surface area (Å²) in [6, 6.07) is 7.90. The predicted octanol–water partition coefficient (Wildman–Crippen LogP) is 1.54. The van der Waals surface area contributed by atoms with Crippen molar-refractivity contribution in [3.8, 4) is 0 Å². The molecule has 1 aliphatic rings. The molecule has 1 unspecified atom stereocenters. The standard InChI is InChI=1S/C14H21ClN2O/c1-14(11-18,17-8-6-16-7-9-17)10-12-2-4-13(15)5-3-12/h2-5,16,18H,6-11H2,1H3. The summed E-state index contributed by atoms with van der Waals surface area (Å²) in [5.41, 5.74) is 1.03. The van der Waals surface area contributed by atoms with Crippen molar-refractivity contribution in [3.05, 3.63) is 34.9 Å². The first kappa shape index (κ1) is 13.8. The van der Waals surface area contributed by atoms with Crippen LogP contribution >= 0.6 is 11.6 Å². The van der Waals surface area contributed by atoms with E-state index in [0.717, 1.165) is 37.6 Å². The lowest BCUT2D eigenvalue weighted by Gasteiger charge is -2.42. The second-order valence-corrected chi connectivity index (χ2v) is 5.63. The molecule has 0 spiro atoms. The smallest absolute Gasteiger partial charge is 0.0616 e. The second kappa shape index (κ2) is 6.02. The zero-order chi connectivity index (χ0) is 13.0. The van der Waals surface area contributed by atoms with Crippen LogP contribution in [0.25, 0.3) is 0 Å². The summed E-state index contributed by atoms with van der Waals surface area (Å²) in [5.74, 6) is 0. The highest BCUT2D eigenvalue weighted by Crippen LogP contribution is 2.22. The molecule has 0 aromatic heterocycles. The Morgan fingerprint density at radius 3 is 2.44 bits per heavy atom. The Kier molecular flexibility index (Phi) is 4.62. The van der Waals surface area contributed by atoms with Crippen LogP contribution in [0.4, 0.5) is 0 Å². The molecular formula is C14H21ClN2O. The van der Waals surface area contributed by atoms with Crippen molar-refractivity contribution < 1.29 is 5.11 Å². The maximum Gasteiger partial charge on any atom is 0.0616 e. The van der Waals surface area contributed by atoms with E-state index in [4.69, 9.17) is 11.6 Å². The molecular weight excluding hydrogens is 248 g/mol. The molecule has 1 saturated heterocycles. The van der Waals surface area contributed by atoms with Crippen LogP contribution in [0, 0.1) is 0 Å². The van der Waals surface area contributed by atoms with Crippen molar-refractivity contribution in [2.45, 2.75) is 18.9 Å². The first-order chi connectivity index (χ1) is 8.64. The summed E-state index contributed by atoms with van der Waals surface area (Å²) in [6.45, 7) is 6.28. The molecule has 18 heavy (non-hydrogen) atoms. The van der Waals surface area contributed by atoms with E-state index in [9.17, 15) is 5.11 Å². The van der Waals surface area contributed by atoms with Crippen LogP contribution in [0.3, 0.4) is 0 Å². The quantitative estimate of drug-likeness (QED) is 0.870. The van der Waals surface area contributed by atoms with E-state index >= 15 is 0 Å². The molecule has 4 heteroatoms. The van der Waals surface area contributed by atoms with Crippen LogP contribution < -0.4 is 5.32 Å². The van der Waals surface area contributed by atoms with Gasteiger partial charge in [0.2, 0.25) is 0 Å². The van der Waals surface area contributed by atoms with Crippen molar-refractivity contribution in [1.82, 2.24) is 10.2 Å². The summed E-state index contributed by atoms with van der Waals surface area (Å²) in [6.07, 6.45) is 0.848. The van der Waals surface area contributed by atoms with Gasteiger partial charge in [0, 0.05) is 36.7 Å². The highest BCUT2D eigenvalue weighted by atomic mass is 35.5. The number of hydrogen-bond acceptors (Lipinski definition) is 3. The number of rotatable bonds is 4. The fraction of sp³-hybridized carbons (Fsp3) is 0.571. The molecule has 0 saturated carbocycles. The number of halogens is 1. The SMILES string of the molecule is CC(CO)(Cc1ccc(Cl)cc1)N1CCNCC1. The molecule has 3 nitrogen and oxygen atoms in total. The number of nitrogens with zero attached hydrogens (tertiary/aromatic N) is 1. The van der Waals surface area contributed by atoms with Crippen molar-refractivity contribution in [2.75, 3.05) is 32.8 Å². The first-order valence-electron chi connectivity index (χ1n) is 6.45. The Morgan fingerprint density at radius 1 is 1.28 bits per heavy atom. The van der Waals surface area contributed by atoms with E-state index in [1.165, 1.54) is 5.56 Å². The largest absolute Gasteiger partial charge is 0.394 e. The Hall–Kier alpha value is -0.610. The average molecular weight is 269 g/mol. The molecule has 1 heterocycles. The van der Waals surface area contributed by atoms with Gasteiger partial charge in [-0.2, -0.15) is 0 Å². The minimum atomic E-state index is -0.185. The number of aliphatic hydroxyl groups excluding tert-OH is 1. The third kappa shape index (κ3) is 3.23. The van der Waals surface area contributed by atoms with Crippen molar-refractivity contribution in [1.29, 1.82) is 0 Å². The maximum atomic E-state index is 9.77. The van der Waals surface area contributed by atoms with Crippen molar-refractivity contribution in [3.63, 3.8) is 0 Å². The lowest BCUT2D eigenvalue weighted by Crippen LogP contribution is -2.57. The van der Waals surface area contributed by atoms with E-state index in [0.29, 0.717) is 0 Å². The van der Waals surface area contributed by atoms with E-state index in [1.54, 1.807) is 0 Å². The van der Waals surface area contributed by atoms with Crippen LogP contribution in [0.2, 0.25) is 5.02 Å². The molecule has 0 bridgehead atoms. The van der Waals surface area contributed by atoms with Gasteiger partial charge in [-0.05, 0) is 31.0 Å². The zero-order valence-electron chi connectivity index (χ0n) is 10.8. The minimum absolute atomic E-state index is 0.176. The topological polar surface area (TPSA) is 35.5 Å². The Bertz CT molecular complexity index is 376. The van der Waals surface area contributed by atoms with E-state index in [-0.39, 0.29) is 12.1 Å². The van der Waals surface area contributed by atoms with Gasteiger partial charge in [-0.1, -0.05) is 23.7 Å². The van der Waals surface area contributed by atoms with Gasteiger partial charge < -0.3 is 10.4 Å². The normalized spacial score (nSPS) is 20.6. The van der Waals surface area contributed by atoms with Crippen LogP contribution in [0.15, 0.2) is 24.3 Å². The van der Waals surface area contributed by atoms with Crippen molar-refractivity contribution in [2.24, 2.45) is 0 Å². The highest BCUT2D eigenvalue weighted by Gasteiger charge is 2.32. The fourth-order valence-corrected chi connectivity index (χ4v) is 2.64. The Balaban J connectivity index is 2.08. The summed E-state index contributed by atoms with van der Waals surface area (Å²) in [4.78, 5) is 2.37. The van der Waals surface area contributed by atoms with Gasteiger partial charge in [-0.25, -0.2) is 0 Å². The van der Waals surface area contributed by atoms with Gasteiger partial charge in [0.1, 0.15) is 0 Å². The summed E-state index contributed by atoms with van der Waals surface area (Å²) in [5, 5.41) is 13.9. The van der Waals surface area contributed by atoms with Crippen molar-refractivity contribution >= 4 is 11.6 Å². The fourth-order valence-electron chi connectivity index (χ4n) is 2.51. The molecule has 1 fully saturated rings. The maximum absolute atomic E-state index is 9.77. The number of piperazine rings is 1. The van der Waals surface area contributed by atoms with Crippen LogP contribution in [0.1, 0.15) is 12.5 Å². The summed E-state index contributed by atoms with van der Waals surface area (Å²) < 4.78 is 0. The van der Waals surface area contributed by atoms with Gasteiger partial charge in [-0.3, -0.25) is 4.90 Å². The number of benzene rings is 1. The molecule has 1 aromatic carbocycles. The predicted molar refractivity (Wildman–Crippen MR) is 75.1 cm³/mol. The molecule has 0 amide bonds. The van der Waals surface area contributed by atoms with E-state index in [1.807, 2.05) is 24.3 Å². The number of nitrogens with one attached hydrogen (secondary N) is 1. The number of hydrogen-bond donors (Lipinski definition) is 2. The molecule has 2 N–H and O–H groups in total. The van der Waals surface area contributed by atoms with E-state index in [2.05, 4.69) is 17.1 Å². The third-order valence-electron chi connectivity index (χ3n) is 3.72. The van der Waals surface area contributed by atoms with E-state index < -0.39 is 0 Å². The molecule has 1 atom stereocenters. The first-order valence-corrected chi connectivity index (χ1v) is 6.83. The molecule has 100 valence electrons. The molecule has 1 aliphatic heterocycles. The number of aliphatic hydroxyl groups is 1. The second-order valence-electron chi connectivity index (χ2n) is 5.20. The van der Waals surface area contributed by atoms with Gasteiger partial charge in [0.05, 0.1) is 6.61 Å². The summed E-state index contributed by atoms with van der Waals surface area (Å²) in [7, 11) is 0.